The summed E-state index contributed by atoms with van der Waals surface area (Å²) in [6.07, 6.45) is 1.29. The number of benzene rings is 3. The molecule has 3 aromatic carbocycles. The van der Waals surface area contributed by atoms with Crippen LogP contribution in [-0.4, -0.2) is 44.4 Å². The number of halogens is 2. The van der Waals surface area contributed by atoms with Crippen molar-refractivity contribution in [1.29, 1.82) is 0 Å². The van der Waals surface area contributed by atoms with Crippen LogP contribution in [0.1, 0.15) is 0 Å². The molecule has 1 aromatic heterocycles. The van der Waals surface area contributed by atoms with Gasteiger partial charge < -0.3 is 4.74 Å². The molecule has 0 fully saturated rings. The normalized spacial score (nSPS) is 12.4. The molecule has 1 heterocycles. The Labute approximate surface area is 194 Å². The molecule has 0 unspecified atom stereocenters. The van der Waals surface area contributed by atoms with Gasteiger partial charge in [0, 0.05) is 19.1 Å². The van der Waals surface area contributed by atoms with E-state index in [1.165, 1.54) is 62.8 Å². The fourth-order valence-corrected chi connectivity index (χ4v) is 5.38. The lowest BCUT2D eigenvalue weighted by Crippen LogP contribution is -2.22. The lowest BCUT2D eigenvalue weighted by atomic mass is 10.2. The van der Waals surface area contributed by atoms with Crippen LogP contribution in [0, 0.1) is 5.82 Å². The molecule has 0 aliphatic rings. The summed E-state index contributed by atoms with van der Waals surface area (Å²) in [6, 6.07) is 13.4. The Bertz CT molecular complexity index is 1570. The molecular formula is C21H17ClFN3O5S2. The summed E-state index contributed by atoms with van der Waals surface area (Å²) in [6.45, 7) is 0. The van der Waals surface area contributed by atoms with E-state index in [9.17, 15) is 21.2 Å². The molecule has 0 aliphatic heterocycles. The second-order valence-corrected chi connectivity index (χ2v) is 11.5. The van der Waals surface area contributed by atoms with E-state index in [2.05, 4.69) is 5.10 Å². The fraction of sp³-hybridized carbons (Fsp3) is 0.0952. The van der Waals surface area contributed by atoms with Gasteiger partial charge in [-0.3, -0.25) is 0 Å². The number of fused-ring (bicyclic) bond motifs is 1. The monoisotopic (exact) mass is 509 g/mol. The predicted octanol–water partition coefficient (Wildman–Crippen LogP) is 4.11. The number of rotatable bonds is 6. The van der Waals surface area contributed by atoms with Crippen molar-refractivity contribution < 1.29 is 26.0 Å². The van der Waals surface area contributed by atoms with Gasteiger partial charge in [-0.05, 0) is 54.6 Å². The highest BCUT2D eigenvalue weighted by molar-refractivity contribution is 7.90. The first-order chi connectivity index (χ1) is 15.5. The molecule has 0 radical (unpaired) electrons. The Kier molecular flexibility index (Phi) is 5.91. The van der Waals surface area contributed by atoms with Crippen LogP contribution in [0.15, 0.2) is 76.7 Å². The quantitative estimate of drug-likeness (QED) is 0.388. The van der Waals surface area contributed by atoms with Gasteiger partial charge in [0.1, 0.15) is 5.75 Å². The summed E-state index contributed by atoms with van der Waals surface area (Å²) in [7, 11) is -5.11. The number of hydrogen-bond acceptors (Lipinski definition) is 6. The minimum absolute atomic E-state index is 0.0440. The summed E-state index contributed by atoms with van der Waals surface area (Å²) < 4.78 is 72.5. The van der Waals surface area contributed by atoms with Gasteiger partial charge in [0.2, 0.25) is 10.0 Å². The molecule has 0 saturated carbocycles. The standard InChI is InChI=1S/C21H17ClFN3O5S2/c1-25(2)32(27,28)15-7-9-16(10-8-15)33(29,30)26-19-4-3-5-20(17(19)13-24-26)31-21-11-6-14(22)12-18(21)23/h3-13H,1-2H3. The van der Waals surface area contributed by atoms with Gasteiger partial charge in [-0.1, -0.05) is 17.7 Å². The maximum absolute atomic E-state index is 14.1. The van der Waals surface area contributed by atoms with Crippen molar-refractivity contribution in [1.82, 2.24) is 13.5 Å². The molecule has 0 N–H and O–H groups in total. The molecule has 0 saturated heterocycles. The molecular weight excluding hydrogens is 493 g/mol. The number of ether oxygens (including phenoxy) is 1. The Morgan fingerprint density at radius 1 is 0.939 bits per heavy atom. The third-order valence-corrected chi connectivity index (χ3v) is 8.46. The number of sulfonamides is 1. The Hall–Kier alpha value is -2.99. The number of aromatic nitrogens is 2. The van der Waals surface area contributed by atoms with E-state index in [0.29, 0.717) is 5.39 Å². The first kappa shape index (κ1) is 23.2. The van der Waals surface area contributed by atoms with E-state index in [1.54, 1.807) is 12.1 Å². The first-order valence-electron chi connectivity index (χ1n) is 9.39. The van der Waals surface area contributed by atoms with Crippen LogP contribution in [0.25, 0.3) is 10.9 Å². The molecule has 4 rings (SSSR count). The lowest BCUT2D eigenvalue weighted by Gasteiger charge is -2.12. The van der Waals surface area contributed by atoms with Crippen LogP contribution in [0.5, 0.6) is 11.5 Å². The molecule has 33 heavy (non-hydrogen) atoms. The maximum atomic E-state index is 14.1. The summed E-state index contributed by atoms with van der Waals surface area (Å²) in [5, 5.41) is 4.53. The Morgan fingerprint density at radius 2 is 1.61 bits per heavy atom. The average molecular weight is 510 g/mol. The van der Waals surface area contributed by atoms with E-state index in [1.807, 2.05) is 0 Å². The van der Waals surface area contributed by atoms with Crippen LogP contribution < -0.4 is 4.74 Å². The van der Waals surface area contributed by atoms with Crippen LogP contribution in [0.3, 0.4) is 0 Å². The molecule has 172 valence electrons. The zero-order valence-corrected chi connectivity index (χ0v) is 19.7. The van der Waals surface area contributed by atoms with Gasteiger partial charge in [-0.15, -0.1) is 0 Å². The smallest absolute Gasteiger partial charge is 0.283 e. The summed E-state index contributed by atoms with van der Waals surface area (Å²) >= 11 is 5.77. The number of hydrogen-bond donors (Lipinski definition) is 0. The molecule has 0 atom stereocenters. The largest absolute Gasteiger partial charge is 0.454 e. The van der Waals surface area contributed by atoms with Crippen molar-refractivity contribution in [2.75, 3.05) is 14.1 Å². The molecule has 8 nitrogen and oxygen atoms in total. The Balaban J connectivity index is 1.74. The molecule has 12 heteroatoms. The highest BCUT2D eigenvalue weighted by atomic mass is 35.5. The molecule has 0 spiro atoms. The van der Waals surface area contributed by atoms with E-state index >= 15 is 0 Å². The number of nitrogens with zero attached hydrogens (tertiary/aromatic N) is 3. The van der Waals surface area contributed by atoms with Crippen molar-refractivity contribution >= 4 is 42.6 Å². The van der Waals surface area contributed by atoms with Gasteiger partial charge in [0.05, 0.1) is 26.9 Å². The second-order valence-electron chi connectivity index (χ2n) is 7.12. The maximum Gasteiger partial charge on any atom is 0.283 e. The minimum Gasteiger partial charge on any atom is -0.454 e. The first-order valence-corrected chi connectivity index (χ1v) is 12.7. The molecule has 4 aromatic rings. The van der Waals surface area contributed by atoms with Gasteiger partial charge in [-0.25, -0.2) is 17.1 Å². The van der Waals surface area contributed by atoms with Crippen molar-refractivity contribution in [2.45, 2.75) is 9.79 Å². The zero-order valence-electron chi connectivity index (χ0n) is 17.3. The molecule has 0 bridgehead atoms. The van der Waals surface area contributed by atoms with Crippen LogP contribution in [0.4, 0.5) is 4.39 Å². The van der Waals surface area contributed by atoms with Crippen molar-refractivity contribution in [3.05, 3.63) is 77.7 Å². The van der Waals surface area contributed by atoms with E-state index in [0.717, 1.165) is 14.5 Å². The highest BCUT2D eigenvalue weighted by Crippen LogP contribution is 2.33. The summed E-state index contributed by atoms with van der Waals surface area (Å²) in [5.41, 5.74) is 0.201. The van der Waals surface area contributed by atoms with Gasteiger partial charge in [-0.2, -0.15) is 17.6 Å². The minimum atomic E-state index is -4.16. The second kappa shape index (κ2) is 8.41. The van der Waals surface area contributed by atoms with E-state index in [-0.39, 0.29) is 31.8 Å². The lowest BCUT2D eigenvalue weighted by molar-refractivity contribution is 0.446. The summed E-state index contributed by atoms with van der Waals surface area (Å²) in [4.78, 5) is -0.197. The van der Waals surface area contributed by atoms with Crippen LogP contribution >= 0.6 is 11.6 Å². The van der Waals surface area contributed by atoms with Gasteiger partial charge >= 0.3 is 0 Å². The van der Waals surface area contributed by atoms with Crippen LogP contribution in [0.2, 0.25) is 5.02 Å². The van der Waals surface area contributed by atoms with Crippen molar-refractivity contribution in [2.24, 2.45) is 0 Å². The molecule has 0 amide bonds. The zero-order chi connectivity index (χ0) is 24.0. The Morgan fingerprint density at radius 3 is 2.24 bits per heavy atom. The molecule has 0 aliphatic carbocycles. The third kappa shape index (κ3) is 4.20. The van der Waals surface area contributed by atoms with E-state index in [4.69, 9.17) is 16.3 Å². The topological polar surface area (TPSA) is 98.6 Å². The van der Waals surface area contributed by atoms with Crippen LogP contribution in [-0.2, 0) is 20.0 Å². The van der Waals surface area contributed by atoms with Gasteiger partial charge in [0.25, 0.3) is 10.0 Å². The SMILES string of the molecule is CN(C)S(=O)(=O)c1ccc(S(=O)(=O)n2ncc3c(Oc4ccc(Cl)cc4F)cccc32)cc1. The highest BCUT2D eigenvalue weighted by Gasteiger charge is 2.24. The fourth-order valence-electron chi connectivity index (χ4n) is 3.05. The third-order valence-electron chi connectivity index (χ3n) is 4.78. The van der Waals surface area contributed by atoms with Crippen molar-refractivity contribution in [3.8, 4) is 11.5 Å². The van der Waals surface area contributed by atoms with Crippen molar-refractivity contribution in [3.63, 3.8) is 0 Å². The predicted molar refractivity (Wildman–Crippen MR) is 121 cm³/mol. The average Bonchev–Trinajstić information content (AvgIpc) is 3.21. The van der Waals surface area contributed by atoms with Gasteiger partial charge in [0.15, 0.2) is 11.6 Å². The van der Waals surface area contributed by atoms with E-state index < -0.39 is 25.9 Å². The summed E-state index contributed by atoms with van der Waals surface area (Å²) in [5.74, 6) is -0.560.